The van der Waals surface area contributed by atoms with Crippen LogP contribution in [0.2, 0.25) is 0 Å². The first kappa shape index (κ1) is 19.4. The van der Waals surface area contributed by atoms with Crippen LogP contribution in [0.5, 0.6) is 5.75 Å². The molecule has 7 heteroatoms. The van der Waals surface area contributed by atoms with Crippen molar-refractivity contribution in [2.24, 2.45) is 16.1 Å². The smallest absolute Gasteiger partial charge is 0.416 e. The molecule has 138 valence electrons. The van der Waals surface area contributed by atoms with Gasteiger partial charge in [-0.3, -0.25) is 4.90 Å². The molecule has 1 aromatic rings. The van der Waals surface area contributed by atoms with Crippen LogP contribution in [0, 0.1) is 5.92 Å². The first-order valence-electron chi connectivity index (χ1n) is 8.38. The Bertz CT molecular complexity index is 628. The molecule has 0 aromatic heterocycles. The zero-order chi connectivity index (χ0) is 18.4. The molecule has 0 bridgehead atoms. The van der Waals surface area contributed by atoms with E-state index in [9.17, 15) is 13.2 Å². The van der Waals surface area contributed by atoms with Gasteiger partial charge >= 0.3 is 6.18 Å². The molecule has 1 aromatic carbocycles. The van der Waals surface area contributed by atoms with E-state index in [4.69, 9.17) is 4.74 Å². The van der Waals surface area contributed by atoms with Crippen molar-refractivity contribution in [3.8, 4) is 5.75 Å². The molecule has 0 aliphatic carbocycles. The Morgan fingerprint density at radius 2 is 2.16 bits per heavy atom. The van der Waals surface area contributed by atoms with Crippen LogP contribution in [0.25, 0.3) is 0 Å². The maximum absolute atomic E-state index is 12.9. The van der Waals surface area contributed by atoms with Crippen LogP contribution in [-0.4, -0.2) is 37.5 Å². The molecule has 0 N–H and O–H groups in total. The van der Waals surface area contributed by atoms with Crippen LogP contribution >= 0.6 is 0 Å². The van der Waals surface area contributed by atoms with Crippen LogP contribution in [0.3, 0.4) is 0 Å². The predicted octanol–water partition coefficient (Wildman–Crippen LogP) is 4.39. The van der Waals surface area contributed by atoms with Gasteiger partial charge in [0.15, 0.2) is 0 Å². The van der Waals surface area contributed by atoms with Gasteiger partial charge in [-0.1, -0.05) is 13.0 Å². The van der Waals surface area contributed by atoms with Crippen molar-refractivity contribution in [2.75, 3.05) is 20.2 Å². The minimum Gasteiger partial charge on any atom is -0.496 e. The molecule has 1 fully saturated rings. The van der Waals surface area contributed by atoms with Gasteiger partial charge in [0.2, 0.25) is 0 Å². The first-order chi connectivity index (χ1) is 11.9. The molecule has 4 nitrogen and oxygen atoms in total. The Labute approximate surface area is 146 Å². The monoisotopic (exact) mass is 355 g/mol. The molecule has 1 heterocycles. The second-order valence-electron chi connectivity index (χ2n) is 6.18. The molecule has 25 heavy (non-hydrogen) atoms. The molecule has 1 atom stereocenters. The number of methoxy groups -OCH3 is 1. The van der Waals surface area contributed by atoms with Crippen molar-refractivity contribution in [1.29, 1.82) is 0 Å². The number of likely N-dealkylation sites (tertiary alicyclic amines) is 1. The normalized spacial score (nSPS) is 19.7. The summed E-state index contributed by atoms with van der Waals surface area (Å²) in [6.07, 6.45) is -1.49. The van der Waals surface area contributed by atoms with Gasteiger partial charge in [0.05, 0.1) is 12.7 Å². The van der Waals surface area contributed by atoms with E-state index in [-0.39, 0.29) is 5.75 Å². The SMILES string of the molecule is C=N/N=C(\CC)C1CCCN(Cc2ccc(C(F)(F)F)cc2OC)C1. The Hall–Kier alpha value is -1.89. The van der Waals surface area contributed by atoms with E-state index >= 15 is 0 Å². The fourth-order valence-corrected chi connectivity index (χ4v) is 3.30. The number of hydrogen-bond acceptors (Lipinski definition) is 4. The minimum atomic E-state index is -4.37. The van der Waals surface area contributed by atoms with Crippen LogP contribution in [-0.2, 0) is 12.7 Å². The molecule has 0 radical (unpaired) electrons. The number of hydrogen-bond donors (Lipinski definition) is 0. The first-order valence-corrected chi connectivity index (χ1v) is 8.38. The number of benzene rings is 1. The summed E-state index contributed by atoms with van der Waals surface area (Å²) in [5, 5.41) is 7.78. The fraction of sp³-hybridized carbons (Fsp3) is 0.556. The number of nitrogens with zero attached hydrogens (tertiary/aromatic N) is 3. The second kappa shape index (κ2) is 8.47. The van der Waals surface area contributed by atoms with Gasteiger partial charge in [-0.15, -0.1) is 0 Å². The predicted molar refractivity (Wildman–Crippen MR) is 93.3 cm³/mol. The minimum absolute atomic E-state index is 0.272. The highest BCUT2D eigenvalue weighted by molar-refractivity contribution is 5.86. The van der Waals surface area contributed by atoms with Gasteiger partial charge in [0.25, 0.3) is 0 Å². The summed E-state index contributed by atoms with van der Waals surface area (Å²) in [7, 11) is 1.40. The highest BCUT2D eigenvalue weighted by Crippen LogP contribution is 2.34. The summed E-state index contributed by atoms with van der Waals surface area (Å²) in [5.41, 5.74) is 1.09. The summed E-state index contributed by atoms with van der Waals surface area (Å²) >= 11 is 0. The third-order valence-electron chi connectivity index (χ3n) is 4.55. The van der Waals surface area contributed by atoms with E-state index < -0.39 is 11.7 Å². The van der Waals surface area contributed by atoms with Gasteiger partial charge in [-0.05, 0) is 37.9 Å². The number of piperidine rings is 1. The van der Waals surface area contributed by atoms with Gasteiger partial charge in [0.1, 0.15) is 5.75 Å². The Morgan fingerprint density at radius 1 is 1.40 bits per heavy atom. The highest BCUT2D eigenvalue weighted by atomic mass is 19.4. The summed E-state index contributed by atoms with van der Waals surface area (Å²) in [4.78, 5) is 2.23. The van der Waals surface area contributed by atoms with Crippen LogP contribution < -0.4 is 4.74 Å². The van der Waals surface area contributed by atoms with Crippen molar-refractivity contribution in [2.45, 2.75) is 38.9 Å². The number of ether oxygens (including phenoxy) is 1. The van der Waals surface area contributed by atoms with Crippen LogP contribution in [0.15, 0.2) is 28.4 Å². The summed E-state index contributed by atoms with van der Waals surface area (Å²) in [6.45, 7) is 7.73. The molecule has 1 aliphatic heterocycles. The van der Waals surface area contributed by atoms with E-state index in [1.807, 2.05) is 6.92 Å². The molecular formula is C18H24F3N3O. The number of alkyl halides is 3. The van der Waals surface area contributed by atoms with E-state index in [0.29, 0.717) is 12.5 Å². The van der Waals surface area contributed by atoms with Crippen LogP contribution in [0.1, 0.15) is 37.3 Å². The Kier molecular flexibility index (Phi) is 6.58. The zero-order valence-corrected chi connectivity index (χ0v) is 14.6. The summed E-state index contributed by atoms with van der Waals surface area (Å²) < 4.78 is 43.7. The lowest BCUT2D eigenvalue weighted by Gasteiger charge is -2.33. The number of halogens is 3. The van der Waals surface area contributed by atoms with E-state index in [0.717, 1.165) is 55.8 Å². The molecule has 1 aliphatic rings. The zero-order valence-electron chi connectivity index (χ0n) is 14.6. The molecule has 1 saturated heterocycles. The highest BCUT2D eigenvalue weighted by Gasteiger charge is 2.31. The third kappa shape index (κ3) is 5.04. The molecule has 0 amide bonds. The summed E-state index contributed by atoms with van der Waals surface area (Å²) in [6, 6.07) is 3.68. The molecule has 0 spiro atoms. The van der Waals surface area contributed by atoms with Crippen molar-refractivity contribution in [1.82, 2.24) is 4.90 Å². The molecule has 2 rings (SSSR count). The topological polar surface area (TPSA) is 37.2 Å². The summed E-state index contributed by atoms with van der Waals surface area (Å²) in [5.74, 6) is 0.582. The molecule has 1 unspecified atom stereocenters. The lowest BCUT2D eigenvalue weighted by molar-refractivity contribution is -0.137. The van der Waals surface area contributed by atoms with Crippen molar-refractivity contribution in [3.63, 3.8) is 0 Å². The largest absolute Gasteiger partial charge is 0.496 e. The number of rotatable bonds is 6. The Balaban J connectivity index is 2.13. The van der Waals surface area contributed by atoms with Crippen molar-refractivity contribution in [3.05, 3.63) is 29.3 Å². The van der Waals surface area contributed by atoms with Gasteiger partial charge in [0, 0.05) is 37.0 Å². The van der Waals surface area contributed by atoms with Crippen molar-refractivity contribution < 1.29 is 17.9 Å². The average Bonchev–Trinajstić information content (AvgIpc) is 2.59. The lowest BCUT2D eigenvalue weighted by atomic mass is 9.91. The Morgan fingerprint density at radius 3 is 2.76 bits per heavy atom. The van der Waals surface area contributed by atoms with E-state index in [2.05, 4.69) is 21.8 Å². The maximum Gasteiger partial charge on any atom is 0.416 e. The second-order valence-corrected chi connectivity index (χ2v) is 6.18. The van der Waals surface area contributed by atoms with Gasteiger partial charge in [-0.2, -0.15) is 23.4 Å². The van der Waals surface area contributed by atoms with Gasteiger partial charge in [-0.25, -0.2) is 0 Å². The molecular weight excluding hydrogens is 331 g/mol. The fourth-order valence-electron chi connectivity index (χ4n) is 3.30. The maximum atomic E-state index is 12.9. The average molecular weight is 355 g/mol. The van der Waals surface area contributed by atoms with E-state index in [1.54, 1.807) is 0 Å². The van der Waals surface area contributed by atoms with Crippen molar-refractivity contribution >= 4 is 12.4 Å². The van der Waals surface area contributed by atoms with Gasteiger partial charge < -0.3 is 4.74 Å². The standard InChI is InChI=1S/C18H24F3N3O/c1-4-16(23-22-2)13-6-5-9-24(11-13)12-14-7-8-15(18(19,20)21)10-17(14)25-3/h7-8,10,13H,2,4-6,9,11-12H2,1,3H3/b23-16+. The van der Waals surface area contributed by atoms with E-state index in [1.165, 1.54) is 13.2 Å². The quantitative estimate of drug-likeness (QED) is 0.560. The lowest BCUT2D eigenvalue weighted by Crippen LogP contribution is -2.38. The third-order valence-corrected chi connectivity index (χ3v) is 4.55. The van der Waals surface area contributed by atoms with Crippen LogP contribution in [0.4, 0.5) is 13.2 Å². The molecule has 0 saturated carbocycles.